The van der Waals surface area contributed by atoms with Gasteiger partial charge in [-0.1, -0.05) is 24.6 Å². The lowest BCUT2D eigenvalue weighted by molar-refractivity contribution is 0.252. The molecule has 9 heteroatoms. The smallest absolute Gasteiger partial charge is 0.319 e. The number of amides is 2. The lowest BCUT2D eigenvalue weighted by Gasteiger charge is -2.20. The van der Waals surface area contributed by atoms with Crippen LogP contribution in [0.5, 0.6) is 0 Å². The number of hydrogen-bond acceptors (Lipinski definition) is 6. The van der Waals surface area contributed by atoms with Crippen molar-refractivity contribution >= 4 is 29.3 Å². The molecule has 1 aliphatic carbocycles. The minimum Gasteiger partial charge on any atom is -0.355 e. The summed E-state index contributed by atoms with van der Waals surface area (Å²) in [4.78, 5) is 19.1. The summed E-state index contributed by atoms with van der Waals surface area (Å²) in [5.41, 5.74) is 0.766. The Morgan fingerprint density at radius 3 is 2.77 bits per heavy atom. The number of carbonyl (C=O) groups is 1. The van der Waals surface area contributed by atoms with Crippen molar-refractivity contribution in [2.24, 2.45) is 0 Å². The molecule has 4 rings (SSSR count). The Bertz CT molecular complexity index is 844. The molecular weight excluding hydrogens is 398 g/mol. The Morgan fingerprint density at radius 1 is 1.20 bits per heavy atom. The predicted molar refractivity (Wildman–Crippen MR) is 120 cm³/mol. The summed E-state index contributed by atoms with van der Waals surface area (Å²) in [6.07, 6.45) is 12.8. The molecule has 162 valence electrons. The third-order valence-corrected chi connectivity index (χ3v) is 6.55. The van der Waals surface area contributed by atoms with Gasteiger partial charge in [0.05, 0.1) is 5.69 Å². The molecule has 2 aliphatic rings. The SMILES string of the molecule is CSc1nnc(CCCNC(=O)Nc2cccnc2N2CCCC2)n1C1CCCC1. The van der Waals surface area contributed by atoms with Crippen molar-refractivity contribution in [1.82, 2.24) is 25.1 Å². The molecule has 0 atom stereocenters. The standard InChI is InChI=1S/C21H31N7OS/c1-30-21-26-25-18(28(21)16-8-2-3-9-16)11-7-13-23-20(29)24-17-10-6-12-22-19(17)27-14-4-5-15-27/h6,10,12,16H,2-5,7-9,11,13-15H2,1H3,(H2,23,24,29). The fourth-order valence-electron chi connectivity index (χ4n) is 4.44. The van der Waals surface area contributed by atoms with E-state index in [9.17, 15) is 4.79 Å². The van der Waals surface area contributed by atoms with E-state index in [-0.39, 0.29) is 6.03 Å². The van der Waals surface area contributed by atoms with Crippen LogP contribution in [0.3, 0.4) is 0 Å². The van der Waals surface area contributed by atoms with E-state index in [2.05, 4.69) is 41.5 Å². The largest absolute Gasteiger partial charge is 0.355 e. The number of aromatic nitrogens is 4. The molecule has 2 fully saturated rings. The molecule has 0 aromatic carbocycles. The van der Waals surface area contributed by atoms with Gasteiger partial charge < -0.3 is 20.1 Å². The van der Waals surface area contributed by atoms with Crippen LogP contribution < -0.4 is 15.5 Å². The van der Waals surface area contributed by atoms with Gasteiger partial charge in [-0.25, -0.2) is 9.78 Å². The number of carbonyl (C=O) groups excluding carboxylic acids is 1. The van der Waals surface area contributed by atoms with Gasteiger partial charge in [-0.2, -0.15) is 0 Å². The maximum Gasteiger partial charge on any atom is 0.319 e. The number of urea groups is 1. The number of pyridine rings is 1. The quantitative estimate of drug-likeness (QED) is 0.489. The van der Waals surface area contributed by atoms with Crippen molar-refractivity contribution in [3.8, 4) is 0 Å². The number of thioether (sulfide) groups is 1. The summed E-state index contributed by atoms with van der Waals surface area (Å²) in [6, 6.07) is 4.11. The van der Waals surface area contributed by atoms with Gasteiger partial charge in [0.25, 0.3) is 0 Å². The van der Waals surface area contributed by atoms with Crippen molar-refractivity contribution in [2.45, 2.75) is 62.6 Å². The fourth-order valence-corrected chi connectivity index (χ4v) is 5.01. The van der Waals surface area contributed by atoms with Crippen LogP contribution in [0, 0.1) is 0 Å². The maximum absolute atomic E-state index is 12.4. The summed E-state index contributed by atoms with van der Waals surface area (Å²) in [6.45, 7) is 2.58. The van der Waals surface area contributed by atoms with Crippen LogP contribution in [-0.2, 0) is 6.42 Å². The van der Waals surface area contributed by atoms with Gasteiger partial charge in [-0.05, 0) is 50.5 Å². The topological polar surface area (TPSA) is 88.0 Å². The maximum atomic E-state index is 12.4. The first kappa shape index (κ1) is 21.0. The Hall–Kier alpha value is -2.29. The van der Waals surface area contributed by atoms with E-state index in [4.69, 9.17) is 0 Å². The molecule has 1 saturated carbocycles. The molecule has 2 aromatic heterocycles. The average molecular weight is 430 g/mol. The van der Waals surface area contributed by atoms with Crippen LogP contribution in [0.4, 0.5) is 16.3 Å². The van der Waals surface area contributed by atoms with E-state index in [1.165, 1.54) is 38.5 Å². The predicted octanol–water partition coefficient (Wildman–Crippen LogP) is 3.86. The number of anilines is 2. The molecule has 0 radical (unpaired) electrons. The second kappa shape index (κ2) is 10.1. The first-order chi connectivity index (χ1) is 14.8. The highest BCUT2D eigenvalue weighted by Gasteiger charge is 2.23. The molecule has 2 N–H and O–H groups in total. The van der Waals surface area contributed by atoms with Crippen LogP contribution >= 0.6 is 11.8 Å². The molecule has 1 aliphatic heterocycles. The van der Waals surface area contributed by atoms with Crippen LogP contribution in [0.2, 0.25) is 0 Å². The third-order valence-electron chi connectivity index (χ3n) is 5.91. The zero-order chi connectivity index (χ0) is 20.8. The zero-order valence-corrected chi connectivity index (χ0v) is 18.5. The van der Waals surface area contributed by atoms with Crippen molar-refractivity contribution in [3.05, 3.63) is 24.2 Å². The molecule has 0 spiro atoms. The molecule has 1 saturated heterocycles. The summed E-state index contributed by atoms with van der Waals surface area (Å²) < 4.78 is 2.33. The van der Waals surface area contributed by atoms with Gasteiger partial charge in [0.1, 0.15) is 5.82 Å². The van der Waals surface area contributed by atoms with E-state index in [1.807, 2.05) is 12.1 Å². The van der Waals surface area contributed by atoms with Crippen molar-refractivity contribution < 1.29 is 4.79 Å². The Labute approximate surface area is 182 Å². The normalized spacial score (nSPS) is 16.9. The van der Waals surface area contributed by atoms with E-state index in [0.29, 0.717) is 12.6 Å². The second-order valence-electron chi connectivity index (χ2n) is 7.96. The molecule has 30 heavy (non-hydrogen) atoms. The molecule has 8 nitrogen and oxygen atoms in total. The number of nitrogens with one attached hydrogen (secondary N) is 2. The van der Waals surface area contributed by atoms with Crippen LogP contribution in [0.25, 0.3) is 0 Å². The van der Waals surface area contributed by atoms with Gasteiger partial charge >= 0.3 is 6.03 Å². The molecule has 0 bridgehead atoms. The van der Waals surface area contributed by atoms with E-state index < -0.39 is 0 Å². The summed E-state index contributed by atoms with van der Waals surface area (Å²) in [5.74, 6) is 1.90. The highest BCUT2D eigenvalue weighted by molar-refractivity contribution is 7.98. The van der Waals surface area contributed by atoms with Crippen LogP contribution in [0.15, 0.2) is 23.5 Å². The lowest BCUT2D eigenvalue weighted by atomic mass is 10.2. The monoisotopic (exact) mass is 429 g/mol. The first-order valence-electron chi connectivity index (χ1n) is 11.0. The highest BCUT2D eigenvalue weighted by Crippen LogP contribution is 2.33. The molecule has 3 heterocycles. The van der Waals surface area contributed by atoms with Crippen LogP contribution in [-0.4, -0.2) is 51.7 Å². The summed E-state index contributed by atoms with van der Waals surface area (Å²) in [5, 5.41) is 15.7. The number of hydrogen-bond donors (Lipinski definition) is 2. The molecule has 0 unspecified atom stereocenters. The Morgan fingerprint density at radius 2 is 2.00 bits per heavy atom. The zero-order valence-electron chi connectivity index (χ0n) is 17.6. The van der Waals surface area contributed by atoms with Gasteiger partial charge in [0, 0.05) is 38.3 Å². The van der Waals surface area contributed by atoms with Crippen molar-refractivity contribution in [2.75, 3.05) is 36.1 Å². The lowest BCUT2D eigenvalue weighted by Crippen LogP contribution is -2.31. The average Bonchev–Trinajstić information content (AvgIpc) is 3.53. The van der Waals surface area contributed by atoms with Gasteiger partial charge in [-0.15, -0.1) is 10.2 Å². The molecule has 2 aromatic rings. The molecular formula is C21H31N7OS. The fraction of sp³-hybridized carbons (Fsp3) is 0.619. The number of rotatable bonds is 8. The van der Waals surface area contributed by atoms with E-state index in [0.717, 1.165) is 48.4 Å². The Kier molecular flexibility index (Phi) is 7.09. The van der Waals surface area contributed by atoms with E-state index >= 15 is 0 Å². The van der Waals surface area contributed by atoms with Gasteiger partial charge in [0.15, 0.2) is 11.0 Å². The molecule has 2 amide bonds. The van der Waals surface area contributed by atoms with Crippen molar-refractivity contribution in [1.29, 1.82) is 0 Å². The van der Waals surface area contributed by atoms with Crippen LogP contribution in [0.1, 0.15) is 56.8 Å². The van der Waals surface area contributed by atoms with E-state index in [1.54, 1.807) is 18.0 Å². The Balaban J connectivity index is 1.28. The van der Waals surface area contributed by atoms with Gasteiger partial charge in [0.2, 0.25) is 0 Å². The summed E-state index contributed by atoms with van der Waals surface area (Å²) in [7, 11) is 0. The number of aryl methyl sites for hydroxylation is 1. The third kappa shape index (κ3) is 4.88. The highest BCUT2D eigenvalue weighted by atomic mass is 32.2. The first-order valence-corrected chi connectivity index (χ1v) is 12.2. The minimum atomic E-state index is -0.189. The number of nitrogens with zero attached hydrogens (tertiary/aromatic N) is 5. The summed E-state index contributed by atoms with van der Waals surface area (Å²) >= 11 is 1.66. The van der Waals surface area contributed by atoms with Crippen molar-refractivity contribution in [3.63, 3.8) is 0 Å². The van der Waals surface area contributed by atoms with Gasteiger partial charge in [-0.3, -0.25) is 0 Å². The minimum absolute atomic E-state index is 0.189. The second-order valence-corrected chi connectivity index (χ2v) is 8.74.